The summed E-state index contributed by atoms with van der Waals surface area (Å²) in [5.41, 5.74) is 8.02. The van der Waals surface area contributed by atoms with Gasteiger partial charge in [0.15, 0.2) is 0 Å². The predicted octanol–water partition coefficient (Wildman–Crippen LogP) is 4.54. The summed E-state index contributed by atoms with van der Waals surface area (Å²) >= 11 is 6.33. The van der Waals surface area contributed by atoms with Crippen molar-refractivity contribution in [2.24, 2.45) is 11.7 Å². The Labute approximate surface area is 137 Å². The molecule has 0 aliphatic heterocycles. The monoisotopic (exact) mass is 318 g/mol. The van der Waals surface area contributed by atoms with Gasteiger partial charge in [0, 0.05) is 17.9 Å². The Bertz CT molecular complexity index is 612. The van der Waals surface area contributed by atoms with Crippen LogP contribution < -0.4 is 10.5 Å². The molecule has 0 fully saturated rings. The minimum Gasteiger partial charge on any atom is -0.490 e. The fraction of sp³-hybridized carbons (Fsp3) is 0.389. The maximum absolute atomic E-state index is 6.33. The molecule has 0 aliphatic carbocycles. The largest absolute Gasteiger partial charge is 0.490 e. The van der Waals surface area contributed by atoms with E-state index in [0.29, 0.717) is 23.3 Å². The van der Waals surface area contributed by atoms with E-state index in [1.807, 2.05) is 37.3 Å². The third-order valence-electron chi connectivity index (χ3n) is 3.38. The number of rotatable bonds is 6. The van der Waals surface area contributed by atoms with E-state index in [0.717, 1.165) is 17.5 Å². The molecule has 1 atom stereocenters. The Hall–Kier alpha value is -1.58. The van der Waals surface area contributed by atoms with Gasteiger partial charge < -0.3 is 10.5 Å². The van der Waals surface area contributed by atoms with Gasteiger partial charge in [0.25, 0.3) is 0 Å². The highest BCUT2D eigenvalue weighted by Crippen LogP contribution is 2.30. The fourth-order valence-electron chi connectivity index (χ4n) is 2.58. The van der Waals surface area contributed by atoms with Gasteiger partial charge in [-0.1, -0.05) is 31.5 Å². The standard InChI is InChI=1S/C18H23ClN2O/c1-13(2)11-18(3,20)12-22-17-5-4-15(10-16(17)19)14-6-8-21-9-7-14/h4-10,13H,11-12,20H2,1-3H3. The van der Waals surface area contributed by atoms with Crippen LogP contribution in [-0.4, -0.2) is 17.1 Å². The van der Waals surface area contributed by atoms with Crippen molar-refractivity contribution in [2.75, 3.05) is 6.61 Å². The van der Waals surface area contributed by atoms with Gasteiger partial charge in [-0.05, 0) is 54.7 Å². The smallest absolute Gasteiger partial charge is 0.138 e. The van der Waals surface area contributed by atoms with E-state index in [-0.39, 0.29) is 5.54 Å². The van der Waals surface area contributed by atoms with E-state index in [1.165, 1.54) is 0 Å². The van der Waals surface area contributed by atoms with Gasteiger partial charge in [0.1, 0.15) is 12.4 Å². The summed E-state index contributed by atoms with van der Waals surface area (Å²) in [5.74, 6) is 1.20. The van der Waals surface area contributed by atoms with Gasteiger partial charge in [-0.25, -0.2) is 0 Å². The van der Waals surface area contributed by atoms with Crippen LogP contribution in [-0.2, 0) is 0 Å². The van der Waals surface area contributed by atoms with Crippen molar-refractivity contribution >= 4 is 11.6 Å². The first-order valence-corrected chi connectivity index (χ1v) is 7.87. The second-order valence-corrected chi connectivity index (χ2v) is 6.83. The Kier molecular flexibility index (Phi) is 5.43. The van der Waals surface area contributed by atoms with E-state index in [4.69, 9.17) is 22.1 Å². The quantitative estimate of drug-likeness (QED) is 0.850. The minimum absolute atomic E-state index is 0.360. The molecule has 0 saturated heterocycles. The van der Waals surface area contributed by atoms with E-state index < -0.39 is 0 Å². The van der Waals surface area contributed by atoms with Crippen LogP contribution in [0.4, 0.5) is 0 Å². The Morgan fingerprint density at radius 2 is 1.86 bits per heavy atom. The van der Waals surface area contributed by atoms with Crippen LogP contribution in [0.1, 0.15) is 27.2 Å². The number of halogens is 1. The van der Waals surface area contributed by atoms with Crippen molar-refractivity contribution in [3.05, 3.63) is 47.7 Å². The molecule has 0 radical (unpaired) electrons. The molecular formula is C18H23ClN2O. The fourth-order valence-corrected chi connectivity index (χ4v) is 2.81. The van der Waals surface area contributed by atoms with Gasteiger partial charge >= 0.3 is 0 Å². The zero-order valence-electron chi connectivity index (χ0n) is 13.3. The number of hydrogen-bond acceptors (Lipinski definition) is 3. The Morgan fingerprint density at radius 3 is 2.45 bits per heavy atom. The third-order valence-corrected chi connectivity index (χ3v) is 3.67. The molecule has 1 heterocycles. The summed E-state index contributed by atoms with van der Waals surface area (Å²) in [4.78, 5) is 4.02. The number of nitrogens with zero attached hydrogens (tertiary/aromatic N) is 1. The molecule has 2 N–H and O–H groups in total. The number of nitrogens with two attached hydrogens (primary N) is 1. The van der Waals surface area contributed by atoms with Crippen LogP contribution >= 0.6 is 11.6 Å². The first kappa shape index (κ1) is 16.8. The SMILES string of the molecule is CC(C)CC(C)(N)COc1ccc(-c2ccncc2)cc1Cl. The van der Waals surface area contributed by atoms with Gasteiger partial charge in [0.2, 0.25) is 0 Å². The summed E-state index contributed by atoms with van der Waals surface area (Å²) in [7, 11) is 0. The minimum atomic E-state index is -0.360. The Balaban J connectivity index is 2.08. The number of ether oxygens (including phenoxy) is 1. The van der Waals surface area contributed by atoms with Crippen LogP contribution in [0.15, 0.2) is 42.7 Å². The molecule has 4 heteroatoms. The van der Waals surface area contributed by atoms with Crippen molar-refractivity contribution in [2.45, 2.75) is 32.7 Å². The second kappa shape index (κ2) is 7.12. The molecule has 1 unspecified atom stereocenters. The highest BCUT2D eigenvalue weighted by Gasteiger charge is 2.21. The van der Waals surface area contributed by atoms with Gasteiger partial charge in [-0.3, -0.25) is 4.98 Å². The zero-order valence-corrected chi connectivity index (χ0v) is 14.1. The Morgan fingerprint density at radius 1 is 1.18 bits per heavy atom. The van der Waals surface area contributed by atoms with Crippen molar-refractivity contribution < 1.29 is 4.74 Å². The molecule has 0 amide bonds. The topological polar surface area (TPSA) is 48.1 Å². The lowest BCUT2D eigenvalue weighted by Gasteiger charge is -2.26. The molecule has 0 bridgehead atoms. The number of pyridine rings is 1. The summed E-state index contributed by atoms with van der Waals surface area (Å²) in [6.45, 7) is 6.76. The molecule has 2 aromatic rings. The molecule has 0 saturated carbocycles. The van der Waals surface area contributed by atoms with Crippen LogP contribution in [0.2, 0.25) is 5.02 Å². The third kappa shape index (κ3) is 4.72. The van der Waals surface area contributed by atoms with Gasteiger partial charge in [-0.2, -0.15) is 0 Å². The van der Waals surface area contributed by atoms with Crippen LogP contribution in [0.5, 0.6) is 5.75 Å². The predicted molar refractivity (Wildman–Crippen MR) is 92.2 cm³/mol. The average molecular weight is 319 g/mol. The van der Waals surface area contributed by atoms with Gasteiger partial charge in [-0.15, -0.1) is 0 Å². The molecule has 1 aromatic carbocycles. The molecular weight excluding hydrogens is 296 g/mol. The first-order chi connectivity index (χ1) is 10.4. The van der Waals surface area contributed by atoms with Gasteiger partial charge in [0.05, 0.1) is 5.02 Å². The van der Waals surface area contributed by atoms with Crippen LogP contribution in [0, 0.1) is 5.92 Å². The van der Waals surface area contributed by atoms with Crippen molar-refractivity contribution in [1.82, 2.24) is 4.98 Å². The first-order valence-electron chi connectivity index (χ1n) is 7.49. The van der Waals surface area contributed by atoms with E-state index in [2.05, 4.69) is 18.8 Å². The molecule has 118 valence electrons. The van der Waals surface area contributed by atoms with E-state index in [1.54, 1.807) is 12.4 Å². The average Bonchev–Trinajstić information content (AvgIpc) is 2.45. The lowest BCUT2D eigenvalue weighted by atomic mass is 9.93. The molecule has 22 heavy (non-hydrogen) atoms. The molecule has 0 aliphatic rings. The van der Waals surface area contributed by atoms with Crippen molar-refractivity contribution in [1.29, 1.82) is 0 Å². The van der Waals surface area contributed by atoms with Crippen LogP contribution in [0.25, 0.3) is 11.1 Å². The highest BCUT2D eigenvalue weighted by atomic mass is 35.5. The summed E-state index contributed by atoms with van der Waals surface area (Å²) < 4.78 is 5.82. The molecule has 0 spiro atoms. The maximum Gasteiger partial charge on any atom is 0.138 e. The van der Waals surface area contributed by atoms with E-state index >= 15 is 0 Å². The van der Waals surface area contributed by atoms with Crippen LogP contribution in [0.3, 0.4) is 0 Å². The van der Waals surface area contributed by atoms with Crippen molar-refractivity contribution in [3.63, 3.8) is 0 Å². The second-order valence-electron chi connectivity index (χ2n) is 6.42. The lowest BCUT2D eigenvalue weighted by Crippen LogP contribution is -2.43. The molecule has 3 nitrogen and oxygen atoms in total. The molecule has 1 aromatic heterocycles. The summed E-state index contributed by atoms with van der Waals surface area (Å²) in [6.07, 6.45) is 4.43. The lowest BCUT2D eigenvalue weighted by molar-refractivity contribution is 0.207. The summed E-state index contributed by atoms with van der Waals surface area (Å²) in [5, 5.41) is 0.592. The number of aromatic nitrogens is 1. The number of benzene rings is 1. The highest BCUT2D eigenvalue weighted by molar-refractivity contribution is 6.32. The number of hydrogen-bond donors (Lipinski definition) is 1. The normalized spacial score (nSPS) is 13.9. The maximum atomic E-state index is 6.33. The van der Waals surface area contributed by atoms with E-state index in [9.17, 15) is 0 Å². The molecule has 2 rings (SSSR count). The zero-order chi connectivity index (χ0) is 16.2. The van der Waals surface area contributed by atoms with Crippen molar-refractivity contribution in [3.8, 4) is 16.9 Å². The summed E-state index contributed by atoms with van der Waals surface area (Å²) in [6, 6.07) is 9.69.